The molecule has 4 rings (SSSR count). The number of ether oxygens (including phenoxy) is 1. The van der Waals surface area contributed by atoms with Crippen molar-refractivity contribution in [3.05, 3.63) is 129 Å². The molecule has 0 N–H and O–H groups in total. The van der Waals surface area contributed by atoms with E-state index in [4.69, 9.17) is 0 Å². The fraction of sp³-hybridized carbons (Fsp3) is 0.206. The summed E-state index contributed by atoms with van der Waals surface area (Å²) in [6.07, 6.45) is -3.37. The highest BCUT2D eigenvalue weighted by molar-refractivity contribution is 5.47. The summed E-state index contributed by atoms with van der Waals surface area (Å²) in [5.74, 6) is 1.74. The summed E-state index contributed by atoms with van der Waals surface area (Å²) in [4.78, 5) is 4.29. The first-order valence-electron chi connectivity index (χ1n) is 13.5. The number of halogens is 9. The third-order valence-corrected chi connectivity index (χ3v) is 6.37. The van der Waals surface area contributed by atoms with Crippen LogP contribution in [0, 0.1) is 47.0 Å². The lowest BCUT2D eigenvalue weighted by atomic mass is 10.1. The number of nitrogens with zero attached hydrogens (tertiary/aromatic N) is 1. The molecule has 1 heterocycles. The summed E-state index contributed by atoms with van der Waals surface area (Å²) in [6, 6.07) is 9.70. The molecular weight excluding hydrogens is 609 g/mol. The maximum atomic E-state index is 14.8. The van der Waals surface area contributed by atoms with Gasteiger partial charge in [-0.25, -0.2) is 22.5 Å². The van der Waals surface area contributed by atoms with Gasteiger partial charge in [0.1, 0.15) is 40.3 Å². The molecule has 0 aliphatic heterocycles. The van der Waals surface area contributed by atoms with E-state index in [-0.39, 0.29) is 12.1 Å². The van der Waals surface area contributed by atoms with Gasteiger partial charge in [0, 0.05) is 29.5 Å². The number of unbranched alkanes of at least 4 members (excludes halogenated alkanes) is 2. The Labute approximate surface area is 252 Å². The Hall–Kier alpha value is -4.90. The van der Waals surface area contributed by atoms with Gasteiger partial charge in [-0.05, 0) is 66.8 Å². The molecule has 0 aliphatic carbocycles. The van der Waals surface area contributed by atoms with Crippen LogP contribution in [0.4, 0.5) is 39.5 Å². The molecule has 0 fully saturated rings. The maximum absolute atomic E-state index is 14.8. The van der Waals surface area contributed by atoms with E-state index in [1.807, 2.05) is 17.9 Å². The molecular formula is C34H22F9NO. The van der Waals surface area contributed by atoms with Crippen LogP contribution in [0.1, 0.15) is 65.3 Å². The zero-order chi connectivity index (χ0) is 32.8. The summed E-state index contributed by atoms with van der Waals surface area (Å²) in [7, 11) is 0. The second-order valence-electron chi connectivity index (χ2n) is 9.78. The first kappa shape index (κ1) is 33.0. The van der Waals surface area contributed by atoms with Gasteiger partial charge in [-0.1, -0.05) is 43.6 Å². The van der Waals surface area contributed by atoms with Crippen LogP contribution in [-0.4, -0.2) is 4.98 Å². The van der Waals surface area contributed by atoms with Gasteiger partial charge >= 0.3 is 12.3 Å². The van der Waals surface area contributed by atoms with Gasteiger partial charge in [-0.2, -0.15) is 22.0 Å². The number of aryl methyl sites for hydroxylation is 1. The SMILES string of the molecule is CCCCCc1ccc(C#Cc2ccc(C(F)(F)Oc3cc(F)c(C#Cc4cc(F)c(C(F)(F)F)c(F)c4)c(F)c3)cc2)nc1. The van der Waals surface area contributed by atoms with Crippen LogP contribution in [0.5, 0.6) is 5.75 Å². The summed E-state index contributed by atoms with van der Waals surface area (Å²) in [6.45, 7) is 2.12. The predicted octanol–water partition coefficient (Wildman–Crippen LogP) is 9.32. The van der Waals surface area contributed by atoms with Crippen LogP contribution >= 0.6 is 0 Å². The van der Waals surface area contributed by atoms with Crippen LogP contribution in [0.3, 0.4) is 0 Å². The van der Waals surface area contributed by atoms with Crippen molar-refractivity contribution in [3.8, 4) is 29.4 Å². The van der Waals surface area contributed by atoms with E-state index >= 15 is 0 Å². The Kier molecular flexibility index (Phi) is 10.1. The van der Waals surface area contributed by atoms with Crippen LogP contribution in [0.25, 0.3) is 0 Å². The first-order valence-corrected chi connectivity index (χ1v) is 13.5. The highest BCUT2D eigenvalue weighted by atomic mass is 19.4. The van der Waals surface area contributed by atoms with Gasteiger partial charge in [0.05, 0.1) is 11.1 Å². The molecule has 0 amide bonds. The van der Waals surface area contributed by atoms with Crippen molar-refractivity contribution < 1.29 is 44.3 Å². The third kappa shape index (κ3) is 8.60. The highest BCUT2D eigenvalue weighted by Crippen LogP contribution is 2.35. The van der Waals surface area contributed by atoms with Crippen molar-refractivity contribution >= 4 is 0 Å². The van der Waals surface area contributed by atoms with Crippen LogP contribution in [0.15, 0.2) is 66.9 Å². The molecule has 0 radical (unpaired) electrons. The minimum atomic E-state index is -5.31. The summed E-state index contributed by atoms with van der Waals surface area (Å²) in [5.41, 5.74) is -2.43. The molecule has 2 nitrogen and oxygen atoms in total. The number of alkyl halides is 5. The van der Waals surface area contributed by atoms with Crippen molar-refractivity contribution in [2.24, 2.45) is 0 Å². The molecule has 3 aromatic carbocycles. The number of rotatable bonds is 7. The standard InChI is InChI=1S/C34H22F9NO/c1-2-3-4-5-22-9-14-25(44-20-22)13-8-21-6-11-24(12-7-21)34(42,43)45-26-18-28(35)27(29(36)19-26)15-10-23-16-30(37)32(31(38)17-23)33(39,40)41/h6-7,9,11-12,14,16-20H,2-5H2,1H3. The number of benzene rings is 3. The number of hydrogen-bond acceptors (Lipinski definition) is 2. The van der Waals surface area contributed by atoms with Crippen LogP contribution in [0.2, 0.25) is 0 Å². The molecule has 4 aromatic rings. The highest BCUT2D eigenvalue weighted by Gasteiger charge is 2.38. The van der Waals surface area contributed by atoms with Gasteiger partial charge in [0.25, 0.3) is 0 Å². The molecule has 1 aromatic heterocycles. The fourth-order valence-electron chi connectivity index (χ4n) is 4.10. The van der Waals surface area contributed by atoms with E-state index < -0.39 is 63.6 Å². The van der Waals surface area contributed by atoms with Gasteiger partial charge in [-0.15, -0.1) is 0 Å². The summed E-state index contributed by atoms with van der Waals surface area (Å²) < 4.78 is 129. The van der Waals surface area contributed by atoms with Crippen LogP contribution in [-0.2, 0) is 18.7 Å². The quantitative estimate of drug-likeness (QED) is 0.115. The Bertz CT molecular complexity index is 1740. The average molecular weight is 632 g/mol. The topological polar surface area (TPSA) is 22.1 Å². The molecule has 232 valence electrons. The largest absolute Gasteiger partial charge is 0.429 e. The molecule has 0 saturated carbocycles. The van der Waals surface area contributed by atoms with E-state index in [1.165, 1.54) is 12.1 Å². The number of aromatic nitrogens is 1. The lowest BCUT2D eigenvalue weighted by Crippen LogP contribution is -2.22. The molecule has 0 unspecified atom stereocenters. The third-order valence-electron chi connectivity index (χ3n) is 6.37. The second-order valence-corrected chi connectivity index (χ2v) is 9.78. The molecule has 0 spiro atoms. The molecule has 0 saturated heterocycles. The smallest absolute Gasteiger partial charge is 0.426 e. The molecule has 0 aliphatic rings. The van der Waals surface area contributed by atoms with Crippen molar-refractivity contribution in [1.29, 1.82) is 0 Å². The lowest BCUT2D eigenvalue weighted by molar-refractivity contribution is -0.185. The average Bonchev–Trinajstić information content (AvgIpc) is 2.95. The van der Waals surface area contributed by atoms with Crippen molar-refractivity contribution in [1.82, 2.24) is 4.98 Å². The summed E-state index contributed by atoms with van der Waals surface area (Å²) in [5, 5.41) is 0. The zero-order valence-electron chi connectivity index (χ0n) is 23.4. The van der Waals surface area contributed by atoms with E-state index in [0.717, 1.165) is 43.4 Å². The maximum Gasteiger partial charge on any atom is 0.426 e. The Morgan fingerprint density at radius 2 is 1.31 bits per heavy atom. The van der Waals surface area contributed by atoms with Gasteiger partial charge < -0.3 is 4.74 Å². The van der Waals surface area contributed by atoms with Crippen molar-refractivity contribution in [2.45, 2.75) is 44.9 Å². The Morgan fingerprint density at radius 3 is 1.87 bits per heavy atom. The van der Waals surface area contributed by atoms with Crippen molar-refractivity contribution in [2.75, 3.05) is 0 Å². The van der Waals surface area contributed by atoms with Crippen LogP contribution < -0.4 is 4.74 Å². The monoisotopic (exact) mass is 631 g/mol. The zero-order valence-corrected chi connectivity index (χ0v) is 23.4. The normalized spacial score (nSPS) is 11.3. The molecule has 45 heavy (non-hydrogen) atoms. The first-order chi connectivity index (χ1) is 21.3. The van der Waals surface area contributed by atoms with E-state index in [0.29, 0.717) is 23.4 Å². The second kappa shape index (κ2) is 13.8. The molecule has 0 bridgehead atoms. The molecule has 11 heteroatoms. The Morgan fingerprint density at radius 1 is 0.689 bits per heavy atom. The minimum Gasteiger partial charge on any atom is -0.429 e. The van der Waals surface area contributed by atoms with E-state index in [9.17, 15) is 39.5 Å². The van der Waals surface area contributed by atoms with E-state index in [1.54, 1.807) is 12.3 Å². The molecule has 0 atom stereocenters. The fourth-order valence-corrected chi connectivity index (χ4v) is 4.10. The number of pyridine rings is 1. The summed E-state index contributed by atoms with van der Waals surface area (Å²) >= 11 is 0. The van der Waals surface area contributed by atoms with E-state index in [2.05, 4.69) is 28.5 Å². The lowest BCUT2D eigenvalue weighted by Gasteiger charge is -2.18. The minimum absolute atomic E-state index is 0.243. The van der Waals surface area contributed by atoms with Gasteiger partial charge in [0.2, 0.25) is 0 Å². The number of hydrogen-bond donors (Lipinski definition) is 0. The van der Waals surface area contributed by atoms with Gasteiger partial charge in [-0.3, -0.25) is 0 Å². The van der Waals surface area contributed by atoms with Gasteiger partial charge in [0.15, 0.2) is 0 Å². The Balaban J connectivity index is 1.45. The van der Waals surface area contributed by atoms with Crippen molar-refractivity contribution in [3.63, 3.8) is 0 Å². The predicted molar refractivity (Wildman–Crippen MR) is 148 cm³/mol.